The fourth-order valence-electron chi connectivity index (χ4n) is 0.291. The summed E-state index contributed by atoms with van der Waals surface area (Å²) in [7, 11) is 0. The average Bonchev–Trinajstić information content (AvgIpc) is 1.86. The molecule has 2 nitrogen and oxygen atoms in total. The lowest BCUT2D eigenvalue weighted by atomic mass is 10.6. The molecule has 1 aromatic heterocycles. The number of rotatable bonds is 0. The van der Waals surface area contributed by atoms with Crippen LogP contribution in [0.3, 0.4) is 0 Å². The fraction of sp³-hybridized carbons (Fsp3) is 0. The maximum Gasteiger partial charge on any atom is 0.190 e. The van der Waals surface area contributed by atoms with E-state index in [9.17, 15) is 0 Å². The van der Waals surface area contributed by atoms with Gasteiger partial charge in [-0.25, -0.2) is 0 Å². The quantitative estimate of drug-likeness (QED) is 0.559. The highest BCUT2D eigenvalue weighted by Crippen LogP contribution is 1.97. The first kappa shape index (κ1) is 6.37. The van der Waals surface area contributed by atoms with Crippen LogP contribution < -0.4 is 5.73 Å². The van der Waals surface area contributed by atoms with Crippen molar-refractivity contribution in [3.63, 3.8) is 0 Å². The summed E-state index contributed by atoms with van der Waals surface area (Å²) in [5, 5.41) is 0. The predicted molar refractivity (Wildman–Crippen MR) is 30.4 cm³/mol. The molecule has 0 bridgehead atoms. The second-order valence-electron chi connectivity index (χ2n) is 1.02. The molecule has 1 aromatic rings. The summed E-state index contributed by atoms with van der Waals surface area (Å²) < 4.78 is 4.61. The minimum absolute atomic E-state index is 0. The zero-order valence-corrected chi connectivity index (χ0v) is 4.44. The molecular formula is C4H6ClNO. The lowest BCUT2D eigenvalue weighted by Gasteiger charge is -1.70. The van der Waals surface area contributed by atoms with Crippen LogP contribution in [0.25, 0.3) is 0 Å². The van der Waals surface area contributed by atoms with E-state index in [0.29, 0.717) is 5.88 Å². The Labute approximate surface area is 47.7 Å². The molecule has 0 saturated heterocycles. The molecule has 0 aliphatic carbocycles. The lowest BCUT2D eigenvalue weighted by Crippen LogP contribution is -1.74. The molecule has 0 atom stereocenters. The Morgan fingerprint density at radius 1 is 1.57 bits per heavy atom. The molecule has 0 fully saturated rings. The van der Waals surface area contributed by atoms with Crippen LogP contribution in [0.2, 0.25) is 0 Å². The Morgan fingerprint density at radius 3 is 2.43 bits per heavy atom. The van der Waals surface area contributed by atoms with Gasteiger partial charge in [-0.05, 0) is 6.07 Å². The Kier molecular flexibility index (Phi) is 2.30. The molecule has 40 valence electrons. The maximum atomic E-state index is 5.11. The van der Waals surface area contributed by atoms with Crippen LogP contribution >= 0.6 is 12.4 Å². The summed E-state index contributed by atoms with van der Waals surface area (Å²) in [5.74, 6) is 0.468. The summed E-state index contributed by atoms with van der Waals surface area (Å²) in [6.07, 6.45) is 1.54. The van der Waals surface area contributed by atoms with Gasteiger partial charge < -0.3 is 10.2 Å². The van der Waals surface area contributed by atoms with Crippen LogP contribution in [-0.4, -0.2) is 0 Å². The minimum atomic E-state index is 0. The molecule has 0 aromatic carbocycles. The van der Waals surface area contributed by atoms with Gasteiger partial charge in [-0.3, -0.25) is 0 Å². The smallest absolute Gasteiger partial charge is 0.190 e. The van der Waals surface area contributed by atoms with Gasteiger partial charge in [0.25, 0.3) is 0 Å². The van der Waals surface area contributed by atoms with Gasteiger partial charge in [0, 0.05) is 6.07 Å². The van der Waals surface area contributed by atoms with E-state index >= 15 is 0 Å². The number of hydrogen-bond acceptors (Lipinski definition) is 2. The predicted octanol–water partition coefficient (Wildman–Crippen LogP) is 1.28. The first-order valence-electron chi connectivity index (χ1n) is 1.68. The van der Waals surface area contributed by atoms with Crippen molar-refractivity contribution in [3.8, 4) is 0 Å². The SMILES string of the molecule is Cl.Nc1ccco1. The van der Waals surface area contributed by atoms with Crippen molar-refractivity contribution in [2.75, 3.05) is 5.73 Å². The Bertz CT molecular complexity index is 115. The van der Waals surface area contributed by atoms with Crippen molar-refractivity contribution in [1.82, 2.24) is 0 Å². The van der Waals surface area contributed by atoms with Crippen molar-refractivity contribution >= 4 is 18.3 Å². The third-order valence-corrected chi connectivity index (χ3v) is 0.543. The molecule has 2 N–H and O–H groups in total. The van der Waals surface area contributed by atoms with Crippen molar-refractivity contribution in [2.45, 2.75) is 0 Å². The Morgan fingerprint density at radius 2 is 2.29 bits per heavy atom. The maximum absolute atomic E-state index is 5.11. The van der Waals surface area contributed by atoms with E-state index in [1.54, 1.807) is 12.1 Å². The van der Waals surface area contributed by atoms with Gasteiger partial charge in [0.1, 0.15) is 0 Å². The fourth-order valence-corrected chi connectivity index (χ4v) is 0.291. The molecule has 0 amide bonds. The van der Waals surface area contributed by atoms with E-state index < -0.39 is 0 Å². The van der Waals surface area contributed by atoms with Crippen LogP contribution in [0, 0.1) is 0 Å². The topological polar surface area (TPSA) is 39.2 Å². The highest BCUT2D eigenvalue weighted by Gasteiger charge is 1.76. The monoisotopic (exact) mass is 119 g/mol. The molecule has 0 aliphatic rings. The second-order valence-corrected chi connectivity index (χ2v) is 1.02. The molecule has 0 aliphatic heterocycles. The van der Waals surface area contributed by atoms with Gasteiger partial charge in [-0.2, -0.15) is 0 Å². The van der Waals surface area contributed by atoms with Crippen molar-refractivity contribution < 1.29 is 4.42 Å². The van der Waals surface area contributed by atoms with Crippen LogP contribution in [0.1, 0.15) is 0 Å². The van der Waals surface area contributed by atoms with E-state index in [0.717, 1.165) is 0 Å². The molecule has 1 heterocycles. The molecule has 0 radical (unpaired) electrons. The van der Waals surface area contributed by atoms with E-state index in [4.69, 9.17) is 5.73 Å². The second kappa shape index (κ2) is 2.53. The van der Waals surface area contributed by atoms with Gasteiger partial charge in [0.15, 0.2) is 5.88 Å². The number of furan rings is 1. The van der Waals surface area contributed by atoms with Crippen molar-refractivity contribution in [1.29, 1.82) is 0 Å². The van der Waals surface area contributed by atoms with E-state index in [1.165, 1.54) is 6.26 Å². The Hall–Kier alpha value is -0.630. The average molecular weight is 120 g/mol. The van der Waals surface area contributed by atoms with Crippen molar-refractivity contribution in [2.24, 2.45) is 0 Å². The number of nitrogens with two attached hydrogens (primary N) is 1. The van der Waals surface area contributed by atoms with Gasteiger partial charge in [-0.15, -0.1) is 12.4 Å². The first-order chi connectivity index (χ1) is 2.89. The molecule has 0 unspecified atom stereocenters. The van der Waals surface area contributed by atoms with Gasteiger partial charge >= 0.3 is 0 Å². The van der Waals surface area contributed by atoms with E-state index in [-0.39, 0.29) is 12.4 Å². The minimum Gasteiger partial charge on any atom is -0.449 e. The molecule has 7 heavy (non-hydrogen) atoms. The van der Waals surface area contributed by atoms with Gasteiger partial charge in [0.05, 0.1) is 6.26 Å². The lowest BCUT2D eigenvalue weighted by molar-refractivity contribution is 0.588. The number of hydrogen-bond donors (Lipinski definition) is 1. The molecule has 0 spiro atoms. The van der Waals surface area contributed by atoms with E-state index in [1.807, 2.05) is 0 Å². The number of halogens is 1. The highest BCUT2D eigenvalue weighted by atomic mass is 35.5. The normalized spacial score (nSPS) is 7.43. The Balaban J connectivity index is 0.000000360. The first-order valence-corrected chi connectivity index (χ1v) is 1.68. The van der Waals surface area contributed by atoms with Crippen LogP contribution in [-0.2, 0) is 0 Å². The molecular weight excluding hydrogens is 114 g/mol. The zero-order valence-electron chi connectivity index (χ0n) is 3.63. The van der Waals surface area contributed by atoms with Gasteiger partial charge in [-0.1, -0.05) is 0 Å². The largest absolute Gasteiger partial charge is 0.449 e. The summed E-state index contributed by atoms with van der Waals surface area (Å²) in [4.78, 5) is 0. The summed E-state index contributed by atoms with van der Waals surface area (Å²) >= 11 is 0. The third kappa shape index (κ3) is 1.50. The molecule has 3 heteroatoms. The summed E-state index contributed by atoms with van der Waals surface area (Å²) in [6, 6.07) is 3.44. The highest BCUT2D eigenvalue weighted by molar-refractivity contribution is 5.85. The van der Waals surface area contributed by atoms with Crippen LogP contribution in [0.4, 0.5) is 5.88 Å². The van der Waals surface area contributed by atoms with E-state index in [2.05, 4.69) is 4.42 Å². The molecule has 1 rings (SSSR count). The summed E-state index contributed by atoms with van der Waals surface area (Å²) in [6.45, 7) is 0. The standard InChI is InChI=1S/C4H5NO.ClH/c5-4-2-1-3-6-4;/h1-3H,5H2;1H. The van der Waals surface area contributed by atoms with Crippen LogP contribution in [0.15, 0.2) is 22.8 Å². The molecule has 0 saturated carbocycles. The number of nitrogen functional groups attached to an aromatic ring is 1. The van der Waals surface area contributed by atoms with Crippen LogP contribution in [0.5, 0.6) is 0 Å². The number of anilines is 1. The zero-order chi connectivity index (χ0) is 4.41. The third-order valence-electron chi connectivity index (χ3n) is 0.543. The summed E-state index contributed by atoms with van der Waals surface area (Å²) in [5.41, 5.74) is 5.11. The van der Waals surface area contributed by atoms with Gasteiger partial charge in [0.2, 0.25) is 0 Å². The van der Waals surface area contributed by atoms with Crippen molar-refractivity contribution in [3.05, 3.63) is 18.4 Å².